The quantitative estimate of drug-likeness (QED) is 0.688. The van der Waals surface area contributed by atoms with Crippen molar-refractivity contribution in [3.63, 3.8) is 0 Å². The molecular weight excluding hydrogens is 341 g/mol. The molecule has 1 saturated heterocycles. The van der Waals surface area contributed by atoms with E-state index in [0.717, 1.165) is 43.6 Å². The van der Waals surface area contributed by atoms with Gasteiger partial charge in [-0.05, 0) is 23.3 Å². The van der Waals surface area contributed by atoms with E-state index >= 15 is 0 Å². The number of hydrogen-bond acceptors (Lipinski definition) is 3. The van der Waals surface area contributed by atoms with Gasteiger partial charge in [-0.15, -0.1) is 0 Å². The van der Waals surface area contributed by atoms with Crippen molar-refractivity contribution in [2.45, 2.75) is 31.8 Å². The number of carbonyl (C=O) groups is 1. The van der Waals surface area contributed by atoms with Crippen molar-refractivity contribution in [2.75, 3.05) is 19.6 Å². The molecular formula is C23H26FNO2. The molecule has 4 heteroatoms. The van der Waals surface area contributed by atoms with Crippen LogP contribution in [0, 0.1) is 5.82 Å². The average Bonchev–Trinajstić information content (AvgIpc) is 2.71. The summed E-state index contributed by atoms with van der Waals surface area (Å²) < 4.78 is 18.9. The zero-order valence-electron chi connectivity index (χ0n) is 15.7. The van der Waals surface area contributed by atoms with Crippen LogP contribution in [0.2, 0.25) is 0 Å². The highest BCUT2D eigenvalue weighted by atomic mass is 19.1. The van der Waals surface area contributed by atoms with Crippen molar-refractivity contribution >= 4 is 12.0 Å². The molecule has 2 aromatic carbocycles. The van der Waals surface area contributed by atoms with Crippen LogP contribution in [0.4, 0.5) is 4.39 Å². The maximum absolute atomic E-state index is 13.0. The molecule has 1 fully saturated rings. The molecule has 2 aromatic rings. The molecule has 1 aliphatic heterocycles. The van der Waals surface area contributed by atoms with Crippen molar-refractivity contribution in [3.8, 4) is 0 Å². The number of piperidine rings is 1. The number of benzene rings is 2. The van der Waals surface area contributed by atoms with E-state index in [1.165, 1.54) is 12.1 Å². The predicted octanol–water partition coefficient (Wildman–Crippen LogP) is 4.78. The van der Waals surface area contributed by atoms with Gasteiger partial charge >= 0.3 is 5.97 Å². The van der Waals surface area contributed by atoms with E-state index < -0.39 is 5.60 Å². The second-order valence-electron chi connectivity index (χ2n) is 6.94. The molecule has 0 radical (unpaired) electrons. The number of ether oxygens (including phenoxy) is 1. The van der Waals surface area contributed by atoms with Crippen LogP contribution < -0.4 is 0 Å². The Kier molecular flexibility index (Phi) is 6.40. The van der Waals surface area contributed by atoms with E-state index in [-0.39, 0.29) is 11.8 Å². The van der Waals surface area contributed by atoms with E-state index in [9.17, 15) is 9.18 Å². The van der Waals surface area contributed by atoms with Crippen LogP contribution in [0.15, 0.2) is 60.7 Å². The lowest BCUT2D eigenvalue weighted by Gasteiger charge is -2.41. The monoisotopic (exact) mass is 367 g/mol. The number of hydrogen-bond donors (Lipinski definition) is 0. The van der Waals surface area contributed by atoms with Crippen LogP contribution in [0.1, 0.15) is 37.3 Å². The minimum absolute atomic E-state index is 0.150. The van der Waals surface area contributed by atoms with Gasteiger partial charge < -0.3 is 4.74 Å². The lowest BCUT2D eigenvalue weighted by Crippen LogP contribution is -2.45. The Balaban J connectivity index is 1.62. The summed E-state index contributed by atoms with van der Waals surface area (Å²) in [6.45, 7) is 4.37. The van der Waals surface area contributed by atoms with E-state index in [0.29, 0.717) is 6.42 Å². The summed E-state index contributed by atoms with van der Waals surface area (Å²) in [7, 11) is 0. The Hall–Kier alpha value is -2.46. The van der Waals surface area contributed by atoms with Crippen LogP contribution in [0.3, 0.4) is 0 Å². The van der Waals surface area contributed by atoms with Gasteiger partial charge in [-0.3, -0.25) is 9.69 Å². The topological polar surface area (TPSA) is 29.5 Å². The summed E-state index contributed by atoms with van der Waals surface area (Å²) in [5, 5.41) is 0. The first-order valence-electron chi connectivity index (χ1n) is 9.53. The van der Waals surface area contributed by atoms with Crippen molar-refractivity contribution in [1.29, 1.82) is 0 Å². The average molecular weight is 367 g/mol. The fourth-order valence-electron chi connectivity index (χ4n) is 3.49. The number of halogens is 1. The first-order valence-corrected chi connectivity index (χ1v) is 9.53. The molecule has 0 saturated carbocycles. The van der Waals surface area contributed by atoms with Crippen LogP contribution in [-0.4, -0.2) is 30.5 Å². The molecule has 142 valence electrons. The van der Waals surface area contributed by atoms with Crippen LogP contribution in [0.25, 0.3) is 6.08 Å². The first kappa shape index (κ1) is 19.3. The molecule has 3 rings (SSSR count). The largest absolute Gasteiger partial charge is 0.454 e. The Bertz CT molecular complexity index is 763. The number of esters is 1. The van der Waals surface area contributed by atoms with Crippen molar-refractivity contribution < 1.29 is 13.9 Å². The molecule has 0 unspecified atom stereocenters. The maximum Gasteiger partial charge on any atom is 0.306 e. The minimum atomic E-state index is -0.522. The molecule has 1 aliphatic rings. The summed E-state index contributed by atoms with van der Waals surface area (Å²) in [5.74, 6) is -0.370. The summed E-state index contributed by atoms with van der Waals surface area (Å²) in [6.07, 6.45) is 6.06. The molecule has 0 bridgehead atoms. The zero-order valence-corrected chi connectivity index (χ0v) is 15.7. The molecule has 27 heavy (non-hydrogen) atoms. The van der Waals surface area contributed by atoms with E-state index in [2.05, 4.69) is 11.0 Å². The third kappa shape index (κ3) is 5.04. The Labute approximate surface area is 160 Å². The smallest absolute Gasteiger partial charge is 0.306 e. The van der Waals surface area contributed by atoms with E-state index in [1.807, 2.05) is 43.3 Å². The lowest BCUT2D eigenvalue weighted by molar-refractivity contribution is -0.166. The molecule has 0 N–H and O–H groups in total. The van der Waals surface area contributed by atoms with Gasteiger partial charge in [0.15, 0.2) is 0 Å². The molecule has 1 heterocycles. The fourth-order valence-corrected chi connectivity index (χ4v) is 3.49. The minimum Gasteiger partial charge on any atom is -0.454 e. The second-order valence-corrected chi connectivity index (χ2v) is 6.94. The third-order valence-electron chi connectivity index (χ3n) is 5.11. The van der Waals surface area contributed by atoms with Gasteiger partial charge in [-0.1, -0.05) is 61.5 Å². The van der Waals surface area contributed by atoms with Gasteiger partial charge in [0.25, 0.3) is 0 Å². The highest BCUT2D eigenvalue weighted by Crippen LogP contribution is 2.37. The number of rotatable bonds is 6. The van der Waals surface area contributed by atoms with Gasteiger partial charge in [0.1, 0.15) is 11.4 Å². The lowest BCUT2D eigenvalue weighted by atomic mass is 9.84. The summed E-state index contributed by atoms with van der Waals surface area (Å²) in [4.78, 5) is 14.4. The number of likely N-dealkylation sites (tertiary alicyclic amines) is 1. The highest BCUT2D eigenvalue weighted by molar-refractivity contribution is 5.69. The normalized spacial score (nSPS) is 17.1. The number of carbonyl (C=O) groups excluding carboxylic acids is 1. The van der Waals surface area contributed by atoms with Gasteiger partial charge in [-0.2, -0.15) is 0 Å². The first-order chi connectivity index (χ1) is 13.1. The highest BCUT2D eigenvalue weighted by Gasteiger charge is 2.39. The van der Waals surface area contributed by atoms with Gasteiger partial charge in [0.05, 0.1) is 0 Å². The van der Waals surface area contributed by atoms with Crippen LogP contribution >= 0.6 is 0 Å². The summed E-state index contributed by atoms with van der Waals surface area (Å²) >= 11 is 0. The van der Waals surface area contributed by atoms with Crippen molar-refractivity contribution in [3.05, 3.63) is 77.6 Å². The molecule has 3 nitrogen and oxygen atoms in total. The maximum atomic E-state index is 13.0. The standard InChI is InChI=1S/C23H26FNO2/c1-2-22(26)27-23(20-8-4-3-5-9-20)14-17-25(18-15-23)16-6-7-19-10-12-21(24)13-11-19/h3-13H,2,14-18H2,1H3/b7-6+. The Morgan fingerprint density at radius 1 is 1.11 bits per heavy atom. The molecule has 0 spiro atoms. The van der Waals surface area contributed by atoms with Gasteiger partial charge in [0, 0.05) is 38.9 Å². The molecule has 0 amide bonds. The SMILES string of the molecule is CCC(=O)OC1(c2ccccc2)CCN(C/C=C/c2ccc(F)cc2)CC1. The van der Waals surface area contributed by atoms with Gasteiger partial charge in [0.2, 0.25) is 0 Å². The predicted molar refractivity (Wildman–Crippen MR) is 106 cm³/mol. The van der Waals surface area contributed by atoms with Crippen LogP contribution in [-0.2, 0) is 15.1 Å². The van der Waals surface area contributed by atoms with Crippen molar-refractivity contribution in [1.82, 2.24) is 4.90 Å². The summed E-state index contributed by atoms with van der Waals surface area (Å²) in [6, 6.07) is 16.5. The molecule has 0 aliphatic carbocycles. The Morgan fingerprint density at radius 3 is 2.41 bits per heavy atom. The van der Waals surface area contributed by atoms with Gasteiger partial charge in [-0.25, -0.2) is 4.39 Å². The second kappa shape index (κ2) is 8.96. The van der Waals surface area contributed by atoms with E-state index in [1.54, 1.807) is 12.1 Å². The summed E-state index contributed by atoms with van der Waals surface area (Å²) in [5.41, 5.74) is 1.54. The Morgan fingerprint density at radius 2 is 1.78 bits per heavy atom. The number of nitrogens with zero attached hydrogens (tertiary/aromatic N) is 1. The third-order valence-corrected chi connectivity index (χ3v) is 5.11. The molecule has 0 aromatic heterocycles. The fraction of sp³-hybridized carbons (Fsp3) is 0.348. The van der Waals surface area contributed by atoms with E-state index in [4.69, 9.17) is 4.74 Å². The zero-order chi connectivity index (χ0) is 19.1. The van der Waals surface area contributed by atoms with Crippen LogP contribution in [0.5, 0.6) is 0 Å². The van der Waals surface area contributed by atoms with Crippen molar-refractivity contribution in [2.24, 2.45) is 0 Å². The molecule has 0 atom stereocenters.